The molecule has 0 radical (unpaired) electrons. The largest absolute Gasteiger partial charge is 0.357 e. The van der Waals surface area contributed by atoms with Gasteiger partial charge < -0.3 is 10.1 Å². The third-order valence-electron chi connectivity index (χ3n) is 5.28. The third kappa shape index (κ3) is 4.55. The fourth-order valence-corrected chi connectivity index (χ4v) is 3.63. The van der Waals surface area contributed by atoms with Crippen molar-refractivity contribution < 1.29 is 9.53 Å². The van der Waals surface area contributed by atoms with E-state index in [0.717, 1.165) is 10.1 Å². The van der Waals surface area contributed by atoms with Gasteiger partial charge in [-0.3, -0.25) is 18.7 Å². The summed E-state index contributed by atoms with van der Waals surface area (Å²) in [7, 11) is 3.04. The topological polar surface area (TPSA) is 108 Å². The predicted octanol–water partition coefficient (Wildman–Crippen LogP) is 2.27. The quantitative estimate of drug-likeness (QED) is 0.438. The molecule has 0 saturated heterocycles. The molecule has 0 saturated carbocycles. The lowest BCUT2D eigenvalue weighted by molar-refractivity contribution is 0.0573. The first-order valence-corrected chi connectivity index (χ1v) is 10.3. The molecule has 2 aromatic carbocycles. The van der Waals surface area contributed by atoms with Gasteiger partial charge >= 0.3 is 5.69 Å². The average Bonchev–Trinajstić information content (AvgIpc) is 2.85. The van der Waals surface area contributed by atoms with Gasteiger partial charge in [-0.2, -0.15) is 10.2 Å². The second-order valence-corrected chi connectivity index (χ2v) is 7.79. The molecule has 4 rings (SSSR count). The first kappa shape index (κ1) is 22.4. The zero-order valence-electron chi connectivity index (χ0n) is 17.9. The molecule has 4 aromatic rings. The number of benzene rings is 2. The Hall–Kier alpha value is -3.82. The zero-order valence-corrected chi connectivity index (χ0v) is 18.6. The first-order valence-electron chi connectivity index (χ1n) is 9.97. The van der Waals surface area contributed by atoms with Crippen LogP contribution in [0.2, 0.25) is 5.02 Å². The van der Waals surface area contributed by atoms with Crippen molar-refractivity contribution in [3.8, 4) is 0 Å². The molecule has 0 spiro atoms. The molecule has 0 aliphatic carbocycles. The molecule has 1 unspecified atom stereocenters. The fourth-order valence-electron chi connectivity index (χ4n) is 3.51. The molecular weight excluding hydrogens is 446 g/mol. The molecule has 0 aliphatic heterocycles. The molecule has 0 aliphatic rings. The zero-order chi connectivity index (χ0) is 23.5. The number of rotatable bonds is 6. The van der Waals surface area contributed by atoms with E-state index in [1.54, 1.807) is 49.5 Å². The number of nitrogens with zero attached hydrogens (tertiary/aromatic N) is 4. The summed E-state index contributed by atoms with van der Waals surface area (Å²) in [6, 6.07) is 13.2. The maximum Gasteiger partial charge on any atom is 0.331 e. The van der Waals surface area contributed by atoms with E-state index < -0.39 is 23.4 Å². The van der Waals surface area contributed by atoms with Crippen molar-refractivity contribution in [1.82, 2.24) is 24.6 Å². The van der Waals surface area contributed by atoms with Crippen LogP contribution in [0.1, 0.15) is 27.7 Å². The van der Waals surface area contributed by atoms with Gasteiger partial charge in [0.05, 0.1) is 29.8 Å². The van der Waals surface area contributed by atoms with Crippen LogP contribution in [0.15, 0.2) is 70.5 Å². The molecule has 168 valence electrons. The standard InChI is InChI=1S/C23H20ClN5O4/c1-28-19-8-5-15(20(30)27-21(33-2)16-9-10-25-26-12-16)11-18(19)22(31)29(23(28)32)13-14-3-6-17(24)7-4-14/h3-12,21H,13H2,1-2H3,(H,27,30). The number of hydrogen-bond acceptors (Lipinski definition) is 6. The van der Waals surface area contributed by atoms with Crippen LogP contribution in [-0.4, -0.2) is 32.3 Å². The Kier molecular flexibility index (Phi) is 6.34. The number of aryl methyl sites for hydroxylation is 1. The van der Waals surface area contributed by atoms with Crippen molar-refractivity contribution in [2.24, 2.45) is 7.05 Å². The molecule has 33 heavy (non-hydrogen) atoms. The van der Waals surface area contributed by atoms with Gasteiger partial charge in [0, 0.05) is 30.3 Å². The Morgan fingerprint density at radius 3 is 2.55 bits per heavy atom. The Balaban J connectivity index is 1.71. The van der Waals surface area contributed by atoms with Gasteiger partial charge in [0.25, 0.3) is 11.5 Å². The van der Waals surface area contributed by atoms with Crippen molar-refractivity contribution in [2.45, 2.75) is 12.8 Å². The highest BCUT2D eigenvalue weighted by Crippen LogP contribution is 2.16. The molecule has 1 atom stereocenters. The molecular formula is C23H20ClN5O4. The Morgan fingerprint density at radius 2 is 1.88 bits per heavy atom. The van der Waals surface area contributed by atoms with Crippen LogP contribution >= 0.6 is 11.6 Å². The lowest BCUT2D eigenvalue weighted by Crippen LogP contribution is -2.39. The van der Waals surface area contributed by atoms with Crippen LogP contribution in [0, 0.1) is 0 Å². The number of carbonyl (C=O) groups excluding carboxylic acids is 1. The van der Waals surface area contributed by atoms with Crippen molar-refractivity contribution >= 4 is 28.4 Å². The second-order valence-electron chi connectivity index (χ2n) is 7.36. The molecule has 1 amide bonds. The monoisotopic (exact) mass is 465 g/mol. The summed E-state index contributed by atoms with van der Waals surface area (Å²) in [5.41, 5.74) is 1.11. The number of amides is 1. The highest BCUT2D eigenvalue weighted by Gasteiger charge is 2.18. The van der Waals surface area contributed by atoms with Crippen LogP contribution in [0.25, 0.3) is 10.9 Å². The van der Waals surface area contributed by atoms with Crippen LogP contribution < -0.4 is 16.6 Å². The summed E-state index contributed by atoms with van der Waals surface area (Å²) in [5, 5.41) is 11.1. The van der Waals surface area contributed by atoms with Gasteiger partial charge in [-0.1, -0.05) is 23.7 Å². The number of methoxy groups -OCH3 is 1. The van der Waals surface area contributed by atoms with Gasteiger partial charge in [-0.05, 0) is 42.0 Å². The van der Waals surface area contributed by atoms with Crippen LogP contribution in [0.5, 0.6) is 0 Å². The highest BCUT2D eigenvalue weighted by molar-refractivity contribution is 6.30. The van der Waals surface area contributed by atoms with Crippen molar-refractivity contribution in [2.75, 3.05) is 7.11 Å². The summed E-state index contributed by atoms with van der Waals surface area (Å²) < 4.78 is 7.86. The number of halogens is 1. The van der Waals surface area contributed by atoms with E-state index >= 15 is 0 Å². The van der Waals surface area contributed by atoms with Crippen molar-refractivity contribution in [3.05, 3.63) is 103 Å². The number of nitrogens with one attached hydrogen (secondary N) is 1. The summed E-state index contributed by atoms with van der Waals surface area (Å²) in [6.07, 6.45) is 2.23. The van der Waals surface area contributed by atoms with Gasteiger partial charge in [0.15, 0.2) is 6.23 Å². The number of aromatic nitrogens is 4. The predicted molar refractivity (Wildman–Crippen MR) is 123 cm³/mol. The molecule has 0 bridgehead atoms. The Bertz CT molecular complexity index is 1430. The first-order chi connectivity index (χ1) is 15.9. The Morgan fingerprint density at radius 1 is 1.12 bits per heavy atom. The lowest BCUT2D eigenvalue weighted by Gasteiger charge is -2.17. The van der Waals surface area contributed by atoms with Gasteiger partial charge in [-0.25, -0.2) is 4.79 Å². The minimum absolute atomic E-state index is 0.0792. The summed E-state index contributed by atoms with van der Waals surface area (Å²) in [6.45, 7) is 0.0792. The van der Waals surface area contributed by atoms with Crippen LogP contribution in [0.3, 0.4) is 0 Å². The normalized spacial score (nSPS) is 12.0. The number of ether oxygens (including phenoxy) is 1. The number of hydrogen-bond donors (Lipinski definition) is 1. The summed E-state index contributed by atoms with van der Waals surface area (Å²) in [5.74, 6) is -0.446. The molecule has 9 nitrogen and oxygen atoms in total. The average molecular weight is 466 g/mol. The van der Waals surface area contributed by atoms with E-state index in [-0.39, 0.29) is 17.5 Å². The van der Waals surface area contributed by atoms with Crippen molar-refractivity contribution in [1.29, 1.82) is 0 Å². The van der Waals surface area contributed by atoms with Gasteiger partial charge in [0.1, 0.15) is 0 Å². The number of carbonyl (C=O) groups is 1. The van der Waals surface area contributed by atoms with Gasteiger partial charge in [0.2, 0.25) is 0 Å². The van der Waals surface area contributed by atoms with E-state index in [4.69, 9.17) is 16.3 Å². The van der Waals surface area contributed by atoms with E-state index in [0.29, 0.717) is 16.1 Å². The summed E-state index contributed by atoms with van der Waals surface area (Å²) in [4.78, 5) is 38.9. The molecule has 10 heteroatoms. The minimum atomic E-state index is -0.745. The highest BCUT2D eigenvalue weighted by atomic mass is 35.5. The molecule has 2 aromatic heterocycles. The van der Waals surface area contributed by atoms with Crippen LogP contribution in [-0.2, 0) is 18.3 Å². The van der Waals surface area contributed by atoms with Crippen molar-refractivity contribution in [3.63, 3.8) is 0 Å². The van der Waals surface area contributed by atoms with E-state index in [9.17, 15) is 14.4 Å². The number of fused-ring (bicyclic) bond motifs is 1. The SMILES string of the molecule is COC(NC(=O)c1ccc2c(c1)c(=O)n(Cc1ccc(Cl)cc1)c(=O)n2C)c1ccnnc1. The molecule has 2 heterocycles. The third-order valence-corrected chi connectivity index (χ3v) is 5.53. The smallest absolute Gasteiger partial charge is 0.331 e. The van der Waals surface area contributed by atoms with Crippen LogP contribution in [0.4, 0.5) is 0 Å². The fraction of sp³-hybridized carbons (Fsp3) is 0.174. The molecule has 0 fully saturated rings. The Labute approximate surface area is 193 Å². The second kappa shape index (κ2) is 9.35. The maximum atomic E-state index is 13.2. The minimum Gasteiger partial charge on any atom is -0.357 e. The van der Waals surface area contributed by atoms with E-state index in [2.05, 4.69) is 15.5 Å². The lowest BCUT2D eigenvalue weighted by atomic mass is 10.1. The molecule has 1 N–H and O–H groups in total. The summed E-state index contributed by atoms with van der Waals surface area (Å²) >= 11 is 5.93. The van der Waals surface area contributed by atoms with Gasteiger partial charge in [-0.15, -0.1) is 0 Å². The van der Waals surface area contributed by atoms with E-state index in [1.807, 2.05) is 0 Å². The van der Waals surface area contributed by atoms with E-state index in [1.165, 1.54) is 30.1 Å². The maximum absolute atomic E-state index is 13.2.